The lowest BCUT2D eigenvalue weighted by Crippen LogP contribution is -2.31. The lowest BCUT2D eigenvalue weighted by atomic mass is 10.2. The Morgan fingerprint density at radius 2 is 1.64 bits per heavy atom. The van der Waals surface area contributed by atoms with E-state index in [1.165, 1.54) is 4.31 Å². The third kappa shape index (κ3) is 5.52. The average Bonchev–Trinajstić information content (AvgIpc) is 2.72. The Labute approximate surface area is 172 Å². The van der Waals surface area contributed by atoms with Crippen LogP contribution in [0.1, 0.15) is 43.5 Å². The summed E-state index contributed by atoms with van der Waals surface area (Å²) in [6, 6.07) is 13.5. The van der Waals surface area contributed by atoms with Crippen molar-refractivity contribution in [1.82, 2.24) is 5.32 Å². The van der Waals surface area contributed by atoms with Gasteiger partial charge in [0.1, 0.15) is 0 Å². The first kappa shape index (κ1) is 22.3. The van der Waals surface area contributed by atoms with Crippen molar-refractivity contribution in [2.45, 2.75) is 42.9 Å². The number of carbonyl (C=O) groups excluding carboxylic acids is 1. The van der Waals surface area contributed by atoms with Gasteiger partial charge in [0.05, 0.1) is 10.6 Å². The van der Waals surface area contributed by atoms with Crippen molar-refractivity contribution in [1.29, 1.82) is 0 Å². The molecular formula is C21H28N2O3S2. The zero-order chi connectivity index (χ0) is 20.6. The van der Waals surface area contributed by atoms with Crippen molar-refractivity contribution in [2.75, 3.05) is 23.7 Å². The number of benzene rings is 2. The van der Waals surface area contributed by atoms with Crippen LogP contribution in [-0.4, -0.2) is 33.7 Å². The van der Waals surface area contributed by atoms with Crippen LogP contribution < -0.4 is 9.62 Å². The van der Waals surface area contributed by atoms with Gasteiger partial charge in [-0.3, -0.25) is 9.10 Å². The number of hydrogen-bond donors (Lipinski definition) is 1. The van der Waals surface area contributed by atoms with Gasteiger partial charge in [0.2, 0.25) is 0 Å². The summed E-state index contributed by atoms with van der Waals surface area (Å²) in [5.41, 5.74) is 1.07. The van der Waals surface area contributed by atoms with Gasteiger partial charge in [-0.05, 0) is 68.1 Å². The zero-order valence-electron chi connectivity index (χ0n) is 16.6. The molecule has 0 fully saturated rings. The van der Waals surface area contributed by atoms with E-state index in [1.54, 1.807) is 67.2 Å². The van der Waals surface area contributed by atoms with Crippen LogP contribution in [0.3, 0.4) is 0 Å². The largest absolute Gasteiger partial charge is 0.352 e. The van der Waals surface area contributed by atoms with Gasteiger partial charge >= 0.3 is 0 Å². The second-order valence-electron chi connectivity index (χ2n) is 6.36. The summed E-state index contributed by atoms with van der Waals surface area (Å²) in [7, 11) is -3.66. The molecule has 0 saturated carbocycles. The summed E-state index contributed by atoms with van der Waals surface area (Å²) in [6.07, 6.45) is 5.09. The third-order valence-electron chi connectivity index (χ3n) is 4.42. The van der Waals surface area contributed by atoms with Gasteiger partial charge in [0.15, 0.2) is 0 Å². The van der Waals surface area contributed by atoms with E-state index >= 15 is 0 Å². The van der Waals surface area contributed by atoms with Crippen LogP contribution in [-0.2, 0) is 10.0 Å². The van der Waals surface area contributed by atoms with E-state index in [2.05, 4.69) is 12.2 Å². The summed E-state index contributed by atoms with van der Waals surface area (Å²) < 4.78 is 27.4. The van der Waals surface area contributed by atoms with Gasteiger partial charge in [-0.15, -0.1) is 11.8 Å². The molecule has 0 saturated heterocycles. The van der Waals surface area contributed by atoms with Gasteiger partial charge in [0.25, 0.3) is 15.9 Å². The number of unbranched alkanes of at least 4 members (excludes halogenated alkanes) is 2. The maximum Gasteiger partial charge on any atom is 0.264 e. The Bertz CT molecular complexity index is 864. The number of nitrogens with one attached hydrogen (secondary N) is 1. The monoisotopic (exact) mass is 420 g/mol. The summed E-state index contributed by atoms with van der Waals surface area (Å²) in [5, 5.41) is 2.89. The van der Waals surface area contributed by atoms with E-state index in [9.17, 15) is 13.2 Å². The highest BCUT2D eigenvalue weighted by atomic mass is 32.2. The number of rotatable bonds is 10. The molecule has 0 heterocycles. The molecule has 152 valence electrons. The number of hydrogen-bond acceptors (Lipinski definition) is 4. The molecule has 0 unspecified atom stereocenters. The van der Waals surface area contributed by atoms with Crippen LogP contribution in [0.5, 0.6) is 0 Å². The molecule has 0 aliphatic rings. The highest BCUT2D eigenvalue weighted by Crippen LogP contribution is 2.25. The van der Waals surface area contributed by atoms with Crippen molar-refractivity contribution in [3.63, 3.8) is 0 Å². The van der Waals surface area contributed by atoms with E-state index in [0.717, 1.165) is 24.2 Å². The smallest absolute Gasteiger partial charge is 0.264 e. The van der Waals surface area contributed by atoms with Gasteiger partial charge in [-0.1, -0.05) is 19.8 Å². The number of nitrogens with zero attached hydrogens (tertiary/aromatic N) is 1. The number of sulfonamides is 1. The SMILES string of the molecule is CCCCCNC(=O)c1ccc(N(CC)S(=O)(=O)c2ccc(SC)cc2)cc1. The van der Waals surface area contributed by atoms with Gasteiger partial charge in [0, 0.05) is 23.5 Å². The Balaban J connectivity index is 2.16. The summed E-state index contributed by atoms with van der Waals surface area (Å²) in [6.45, 7) is 4.86. The highest BCUT2D eigenvalue weighted by Gasteiger charge is 2.23. The fourth-order valence-corrected chi connectivity index (χ4v) is 4.71. The predicted octanol–water partition coefficient (Wildman–Crippen LogP) is 4.54. The Morgan fingerprint density at radius 1 is 1.00 bits per heavy atom. The third-order valence-corrected chi connectivity index (χ3v) is 7.08. The van der Waals surface area contributed by atoms with Crippen molar-refractivity contribution in [3.05, 3.63) is 54.1 Å². The molecule has 2 rings (SSSR count). The number of amides is 1. The van der Waals surface area contributed by atoms with E-state index in [1.807, 2.05) is 6.26 Å². The van der Waals surface area contributed by atoms with Crippen LogP contribution in [0.25, 0.3) is 0 Å². The standard InChI is InChI=1S/C21H28N2O3S2/c1-4-6-7-16-22-21(24)17-8-10-18(11-9-17)23(5-2)28(25,26)20-14-12-19(27-3)13-15-20/h8-15H,4-7,16H2,1-3H3,(H,22,24). The topological polar surface area (TPSA) is 66.5 Å². The minimum absolute atomic E-state index is 0.138. The molecule has 0 bridgehead atoms. The Hall–Kier alpha value is -1.99. The minimum Gasteiger partial charge on any atom is -0.352 e. The molecule has 2 aromatic rings. The second-order valence-corrected chi connectivity index (χ2v) is 9.10. The normalized spacial score (nSPS) is 11.2. The lowest BCUT2D eigenvalue weighted by Gasteiger charge is -2.23. The van der Waals surface area contributed by atoms with Crippen molar-refractivity contribution in [3.8, 4) is 0 Å². The maximum absolute atomic E-state index is 13.0. The first-order valence-electron chi connectivity index (χ1n) is 9.49. The van der Waals surface area contributed by atoms with E-state index < -0.39 is 10.0 Å². The molecule has 0 aliphatic heterocycles. The van der Waals surface area contributed by atoms with Crippen molar-refractivity contribution in [2.24, 2.45) is 0 Å². The second kappa shape index (κ2) is 10.5. The van der Waals surface area contributed by atoms with Crippen molar-refractivity contribution < 1.29 is 13.2 Å². The first-order chi connectivity index (χ1) is 13.4. The molecule has 0 spiro atoms. The van der Waals surface area contributed by atoms with Crippen LogP contribution >= 0.6 is 11.8 Å². The summed E-state index contributed by atoms with van der Waals surface area (Å²) in [5.74, 6) is -0.138. The van der Waals surface area contributed by atoms with Crippen LogP contribution in [0.15, 0.2) is 58.3 Å². The molecule has 0 aliphatic carbocycles. The lowest BCUT2D eigenvalue weighted by molar-refractivity contribution is 0.0953. The van der Waals surface area contributed by atoms with Crippen LogP contribution in [0.4, 0.5) is 5.69 Å². The highest BCUT2D eigenvalue weighted by molar-refractivity contribution is 7.98. The van der Waals surface area contributed by atoms with E-state index in [0.29, 0.717) is 24.3 Å². The molecule has 5 nitrogen and oxygen atoms in total. The predicted molar refractivity (Wildman–Crippen MR) is 117 cm³/mol. The summed E-state index contributed by atoms with van der Waals surface area (Å²) in [4.78, 5) is 13.5. The van der Waals surface area contributed by atoms with E-state index in [4.69, 9.17) is 0 Å². The fraction of sp³-hybridized carbons (Fsp3) is 0.381. The Morgan fingerprint density at radius 3 is 2.18 bits per heavy atom. The van der Waals surface area contributed by atoms with Gasteiger partial charge < -0.3 is 5.32 Å². The minimum atomic E-state index is -3.66. The molecule has 0 atom stereocenters. The number of anilines is 1. The van der Waals surface area contributed by atoms with Gasteiger partial charge in [-0.25, -0.2) is 8.42 Å². The molecular weight excluding hydrogens is 392 g/mol. The van der Waals surface area contributed by atoms with E-state index in [-0.39, 0.29) is 10.8 Å². The quantitative estimate of drug-likeness (QED) is 0.452. The molecule has 1 N–H and O–H groups in total. The molecule has 0 radical (unpaired) electrons. The molecule has 2 aromatic carbocycles. The first-order valence-corrected chi connectivity index (χ1v) is 12.2. The van der Waals surface area contributed by atoms with Crippen LogP contribution in [0.2, 0.25) is 0 Å². The molecule has 7 heteroatoms. The number of thioether (sulfide) groups is 1. The maximum atomic E-state index is 13.0. The fourth-order valence-electron chi connectivity index (χ4n) is 2.82. The van der Waals surface area contributed by atoms with Crippen LogP contribution in [0, 0.1) is 0 Å². The summed E-state index contributed by atoms with van der Waals surface area (Å²) >= 11 is 1.56. The Kier molecular flexibility index (Phi) is 8.38. The zero-order valence-corrected chi connectivity index (χ0v) is 18.3. The number of carbonyl (C=O) groups is 1. The molecule has 1 amide bonds. The van der Waals surface area contributed by atoms with Crippen molar-refractivity contribution >= 4 is 33.4 Å². The average molecular weight is 421 g/mol. The molecule has 0 aromatic heterocycles. The molecule has 28 heavy (non-hydrogen) atoms. The van der Waals surface area contributed by atoms with Gasteiger partial charge in [-0.2, -0.15) is 0 Å².